The zero-order valence-electron chi connectivity index (χ0n) is 30.3. The number of anilines is 1. The van der Waals surface area contributed by atoms with E-state index in [2.05, 4.69) is 45.1 Å². The molecule has 1 aromatic heterocycles. The van der Waals surface area contributed by atoms with E-state index in [9.17, 15) is 19.2 Å². The third-order valence-corrected chi connectivity index (χ3v) is 11.0. The van der Waals surface area contributed by atoms with Crippen molar-refractivity contribution in [3.8, 4) is 11.1 Å². The minimum Gasteiger partial charge on any atom is -0.349 e. The summed E-state index contributed by atoms with van der Waals surface area (Å²) in [5.74, 6) is -0.202. The zero-order chi connectivity index (χ0) is 36.1. The minimum atomic E-state index is -0.811. The first-order valence-corrected chi connectivity index (χ1v) is 18.3. The van der Waals surface area contributed by atoms with Crippen LogP contribution in [0.15, 0.2) is 65.5 Å². The van der Waals surface area contributed by atoms with E-state index >= 15 is 0 Å². The quantitative estimate of drug-likeness (QED) is 0.123. The van der Waals surface area contributed by atoms with Crippen LogP contribution in [0.3, 0.4) is 0 Å². The molecule has 0 aliphatic heterocycles. The smallest absolute Gasteiger partial charge is 0.271 e. The number of rotatable bonds is 11. The first-order chi connectivity index (χ1) is 24.6. The lowest BCUT2D eigenvalue weighted by Crippen LogP contribution is -2.48. The molecule has 0 unspecified atom stereocenters. The molecule has 12 heteroatoms. The van der Waals surface area contributed by atoms with Crippen molar-refractivity contribution in [2.75, 3.05) is 26.0 Å². The molecule has 0 radical (unpaired) electrons. The van der Waals surface area contributed by atoms with Crippen LogP contribution in [0, 0.1) is 18.8 Å². The Labute approximate surface area is 311 Å². The number of aromatic nitrogens is 2. The maximum Gasteiger partial charge on any atom is 0.271 e. The summed E-state index contributed by atoms with van der Waals surface area (Å²) >= 11 is 0. The lowest BCUT2D eigenvalue weighted by molar-refractivity contribution is -0.130. The topological polar surface area (TPSA) is 165 Å². The zero-order valence-corrected chi connectivity index (χ0v) is 31.1. The van der Waals surface area contributed by atoms with Crippen LogP contribution in [0.25, 0.3) is 22.0 Å². The van der Waals surface area contributed by atoms with E-state index in [4.69, 9.17) is 5.73 Å². The molecule has 11 nitrogen and oxygen atoms in total. The van der Waals surface area contributed by atoms with Crippen molar-refractivity contribution >= 4 is 46.7 Å². The van der Waals surface area contributed by atoms with E-state index in [0.717, 1.165) is 73.6 Å². The van der Waals surface area contributed by atoms with Gasteiger partial charge in [0.1, 0.15) is 6.04 Å². The number of benzene rings is 3. The molecular weight excluding hydrogens is 678 g/mol. The highest BCUT2D eigenvalue weighted by molar-refractivity contribution is 5.99. The number of carbonyl (C=O) groups is 3. The number of carbonyl (C=O) groups excluding carboxylic acids is 3. The van der Waals surface area contributed by atoms with Crippen LogP contribution in [-0.4, -0.2) is 71.6 Å². The summed E-state index contributed by atoms with van der Waals surface area (Å²) in [4.78, 5) is 54.5. The summed E-state index contributed by atoms with van der Waals surface area (Å²) in [7, 11) is 4.24. The van der Waals surface area contributed by atoms with Gasteiger partial charge >= 0.3 is 0 Å². The Kier molecular flexibility index (Phi) is 13.0. The van der Waals surface area contributed by atoms with Gasteiger partial charge in [0.2, 0.25) is 11.8 Å². The Morgan fingerprint density at radius 2 is 1.60 bits per heavy atom. The second kappa shape index (κ2) is 17.4. The first-order valence-electron chi connectivity index (χ1n) is 18.3. The van der Waals surface area contributed by atoms with Crippen molar-refractivity contribution in [2.24, 2.45) is 17.6 Å². The molecule has 0 saturated heterocycles. The number of aromatic amines is 2. The molecule has 3 aromatic carbocycles. The fraction of sp³-hybridized carbons (Fsp3) is 0.450. The van der Waals surface area contributed by atoms with Gasteiger partial charge in [-0.15, -0.1) is 12.4 Å². The summed E-state index contributed by atoms with van der Waals surface area (Å²) in [5, 5.41) is 15.1. The van der Waals surface area contributed by atoms with E-state index in [1.807, 2.05) is 49.4 Å². The monoisotopic (exact) mass is 729 g/mol. The second-order valence-corrected chi connectivity index (χ2v) is 14.7. The van der Waals surface area contributed by atoms with E-state index in [0.29, 0.717) is 47.1 Å². The van der Waals surface area contributed by atoms with Crippen LogP contribution in [-0.2, 0) is 16.0 Å². The Morgan fingerprint density at radius 1 is 0.885 bits per heavy atom. The molecule has 0 spiro atoms. The number of H-pyrrole nitrogens is 2. The van der Waals surface area contributed by atoms with Gasteiger partial charge in [0.15, 0.2) is 0 Å². The maximum absolute atomic E-state index is 13.7. The van der Waals surface area contributed by atoms with Gasteiger partial charge in [-0.05, 0) is 137 Å². The van der Waals surface area contributed by atoms with Gasteiger partial charge in [-0.2, -0.15) is 0 Å². The molecule has 0 bridgehead atoms. The van der Waals surface area contributed by atoms with Crippen molar-refractivity contribution in [3.05, 3.63) is 87.7 Å². The third-order valence-electron chi connectivity index (χ3n) is 11.0. The van der Waals surface area contributed by atoms with E-state index in [1.165, 1.54) is 0 Å². The molecule has 7 N–H and O–H groups in total. The minimum absolute atomic E-state index is 0. The number of aryl methyl sites for hydroxylation is 1. The number of fused-ring (bicyclic) bond motifs is 1. The van der Waals surface area contributed by atoms with Crippen LogP contribution < -0.4 is 27.2 Å². The number of halogens is 1. The summed E-state index contributed by atoms with van der Waals surface area (Å²) < 4.78 is 0. The molecule has 52 heavy (non-hydrogen) atoms. The Hall–Kier alpha value is -4.45. The lowest BCUT2D eigenvalue weighted by Gasteiger charge is -2.33. The maximum atomic E-state index is 13.7. The van der Waals surface area contributed by atoms with Gasteiger partial charge in [0.25, 0.3) is 11.5 Å². The lowest BCUT2D eigenvalue weighted by atomic mass is 9.81. The summed E-state index contributed by atoms with van der Waals surface area (Å²) in [6, 6.07) is 18.8. The Balaban J connectivity index is 0.00000523. The molecule has 4 aromatic rings. The predicted molar refractivity (Wildman–Crippen MR) is 209 cm³/mol. The molecule has 2 aliphatic rings. The van der Waals surface area contributed by atoms with E-state index in [-0.39, 0.29) is 47.6 Å². The van der Waals surface area contributed by atoms with Gasteiger partial charge in [0.05, 0.1) is 10.9 Å². The first kappa shape index (κ1) is 38.8. The summed E-state index contributed by atoms with van der Waals surface area (Å²) in [6.07, 6.45) is 7.79. The van der Waals surface area contributed by atoms with Crippen LogP contribution in [0.2, 0.25) is 0 Å². The summed E-state index contributed by atoms with van der Waals surface area (Å²) in [6.45, 7) is 2.64. The average molecular weight is 730 g/mol. The van der Waals surface area contributed by atoms with Crippen molar-refractivity contribution < 1.29 is 14.4 Å². The Bertz CT molecular complexity index is 1900. The van der Waals surface area contributed by atoms with Gasteiger partial charge in [-0.1, -0.05) is 30.3 Å². The fourth-order valence-corrected chi connectivity index (χ4v) is 7.69. The summed E-state index contributed by atoms with van der Waals surface area (Å²) in [5.41, 5.74) is 11.3. The van der Waals surface area contributed by atoms with E-state index < -0.39 is 6.04 Å². The molecule has 2 aliphatic carbocycles. The number of nitrogens with one attached hydrogen (secondary N) is 5. The average Bonchev–Trinajstić information content (AvgIpc) is 3.51. The van der Waals surface area contributed by atoms with Crippen LogP contribution in [0.5, 0.6) is 0 Å². The van der Waals surface area contributed by atoms with Crippen LogP contribution >= 0.6 is 12.4 Å². The normalized spacial score (nSPS) is 20.9. The molecule has 1 atom stereocenters. The van der Waals surface area contributed by atoms with Crippen molar-refractivity contribution in [3.63, 3.8) is 0 Å². The standard InChI is InChI=1S/C40H51N7O4.ClH/c1-24-20-29(38(49)42-30-13-16-32(17-14-30)47(2)3)12-18-33(24)27-8-4-25(5-9-27)21-36(44-37(48)28-10-6-26(23-41)7-11-28)40(51)43-31-15-19-34-35(22-31)45-46-39(34)50;/h4-5,8-9,12,15,18-20,22,26,28,30,32,36H,6-7,10-11,13-14,16-17,21,23,41H2,1-3H3,(H,42,49)(H,43,51)(H,44,48)(H2,45,46,50);1H/t26-,28-,30?,32?,36-;/m0./s1. The number of nitrogens with two attached hydrogens (primary N) is 1. The highest BCUT2D eigenvalue weighted by atomic mass is 35.5. The van der Waals surface area contributed by atoms with Gasteiger partial charge < -0.3 is 26.6 Å². The number of hydrogen-bond donors (Lipinski definition) is 6. The predicted octanol–water partition coefficient (Wildman–Crippen LogP) is 5.29. The molecule has 1 heterocycles. The molecule has 6 rings (SSSR count). The van der Waals surface area contributed by atoms with Gasteiger partial charge in [-0.25, -0.2) is 0 Å². The van der Waals surface area contributed by atoms with Crippen LogP contribution in [0.1, 0.15) is 72.9 Å². The van der Waals surface area contributed by atoms with Crippen LogP contribution in [0.4, 0.5) is 5.69 Å². The fourth-order valence-electron chi connectivity index (χ4n) is 7.69. The molecule has 278 valence electrons. The van der Waals surface area contributed by atoms with Crippen molar-refractivity contribution in [2.45, 2.75) is 82.8 Å². The van der Waals surface area contributed by atoms with E-state index in [1.54, 1.807) is 18.2 Å². The van der Waals surface area contributed by atoms with Crippen molar-refractivity contribution in [1.82, 2.24) is 25.7 Å². The molecular formula is C40H52ClN7O4. The Morgan fingerprint density at radius 3 is 2.25 bits per heavy atom. The largest absolute Gasteiger partial charge is 0.349 e. The molecule has 2 fully saturated rings. The van der Waals surface area contributed by atoms with Gasteiger partial charge in [0, 0.05) is 35.7 Å². The number of nitrogens with zero attached hydrogens (tertiary/aromatic N) is 1. The third kappa shape index (κ3) is 9.31. The highest BCUT2D eigenvalue weighted by Crippen LogP contribution is 2.29. The SMILES string of the molecule is Cc1cc(C(=O)NC2CCC(N(C)C)CC2)ccc1-c1ccc(C[C@H](NC(=O)[C@H]2CC[C@H](CN)CC2)C(=O)Nc2ccc3c(=O)[nH][nH]c3c2)cc1.Cl. The number of hydrogen-bond acceptors (Lipinski definition) is 6. The highest BCUT2D eigenvalue weighted by Gasteiger charge is 2.30. The molecule has 3 amide bonds. The number of amides is 3. The second-order valence-electron chi connectivity index (χ2n) is 14.7. The van der Waals surface area contributed by atoms with Gasteiger partial charge in [-0.3, -0.25) is 29.4 Å². The van der Waals surface area contributed by atoms with Crippen molar-refractivity contribution in [1.29, 1.82) is 0 Å². The molecule has 2 saturated carbocycles.